The molecule has 102 valence electrons. The molecule has 0 radical (unpaired) electrons. The van der Waals surface area contributed by atoms with E-state index in [1.807, 2.05) is 10.6 Å². The second-order valence-corrected chi connectivity index (χ2v) is 4.20. The Kier molecular flexibility index (Phi) is 2.86. The Balaban J connectivity index is 1.93. The Morgan fingerprint density at radius 1 is 0.950 bits per heavy atom. The van der Waals surface area contributed by atoms with E-state index < -0.39 is 17.8 Å². The van der Waals surface area contributed by atoms with Gasteiger partial charge in [0.05, 0.1) is 0 Å². The lowest BCUT2D eigenvalue weighted by Gasteiger charge is -2.18. The number of barbiturate groups is 1. The first kappa shape index (κ1) is 12.2. The second kappa shape index (κ2) is 4.69. The van der Waals surface area contributed by atoms with E-state index in [0.29, 0.717) is 30.3 Å². The van der Waals surface area contributed by atoms with Crippen molar-refractivity contribution in [2.75, 3.05) is 13.2 Å². The quantitative estimate of drug-likeness (QED) is 0.564. The summed E-state index contributed by atoms with van der Waals surface area (Å²) in [6.45, 7) is 0.933. The van der Waals surface area contributed by atoms with Crippen molar-refractivity contribution in [3.8, 4) is 11.5 Å². The van der Waals surface area contributed by atoms with Crippen molar-refractivity contribution in [3.63, 3.8) is 0 Å². The maximum atomic E-state index is 11.6. The van der Waals surface area contributed by atoms with Crippen molar-refractivity contribution in [2.45, 2.75) is 0 Å². The molecule has 0 saturated carbocycles. The van der Waals surface area contributed by atoms with Crippen molar-refractivity contribution < 1.29 is 23.9 Å². The largest absolute Gasteiger partial charge is 0.486 e. The number of rotatable bonds is 1. The van der Waals surface area contributed by atoms with E-state index in [4.69, 9.17) is 9.47 Å². The van der Waals surface area contributed by atoms with Gasteiger partial charge in [-0.25, -0.2) is 4.79 Å². The summed E-state index contributed by atoms with van der Waals surface area (Å²) in [7, 11) is 0. The molecule has 2 aliphatic heterocycles. The van der Waals surface area contributed by atoms with Crippen LogP contribution in [-0.4, -0.2) is 31.1 Å². The van der Waals surface area contributed by atoms with Gasteiger partial charge >= 0.3 is 6.03 Å². The summed E-state index contributed by atoms with van der Waals surface area (Å²) in [5, 5.41) is 4.02. The molecule has 7 heteroatoms. The average molecular weight is 274 g/mol. The van der Waals surface area contributed by atoms with Gasteiger partial charge in [-0.1, -0.05) is 6.07 Å². The Hall–Kier alpha value is -2.83. The van der Waals surface area contributed by atoms with Crippen LogP contribution in [0.5, 0.6) is 11.5 Å². The molecule has 0 bridgehead atoms. The molecule has 0 unspecified atom stereocenters. The average Bonchev–Trinajstić information content (AvgIpc) is 2.42. The fraction of sp³-hybridized carbons (Fsp3) is 0.154. The van der Waals surface area contributed by atoms with Gasteiger partial charge < -0.3 is 9.47 Å². The standard InChI is InChI=1S/C13H10N2O5/c16-11-8(12(17)15-13(18)14-11)5-7-1-2-9-10(6-7)20-4-3-19-9/h1-2,5-6H,3-4H2,(H2,14,15,16,17,18). The number of imide groups is 2. The van der Waals surface area contributed by atoms with E-state index in [9.17, 15) is 14.4 Å². The number of nitrogens with one attached hydrogen (secondary N) is 2. The van der Waals surface area contributed by atoms with Gasteiger partial charge in [0.1, 0.15) is 18.8 Å². The smallest absolute Gasteiger partial charge is 0.328 e. The van der Waals surface area contributed by atoms with Crippen LogP contribution in [0.4, 0.5) is 4.79 Å². The van der Waals surface area contributed by atoms with Gasteiger partial charge in [-0.3, -0.25) is 20.2 Å². The molecule has 1 saturated heterocycles. The summed E-state index contributed by atoms with van der Waals surface area (Å²) in [5.74, 6) is -0.285. The zero-order chi connectivity index (χ0) is 14.1. The van der Waals surface area contributed by atoms with Gasteiger partial charge in [-0.05, 0) is 23.8 Å². The number of carbonyl (C=O) groups is 3. The summed E-state index contributed by atoms with van der Waals surface area (Å²) in [4.78, 5) is 34.1. The van der Waals surface area contributed by atoms with Crippen LogP contribution in [0.3, 0.4) is 0 Å². The van der Waals surface area contributed by atoms with Crippen LogP contribution in [0.2, 0.25) is 0 Å². The van der Waals surface area contributed by atoms with E-state index in [2.05, 4.69) is 0 Å². The van der Waals surface area contributed by atoms with Crippen LogP contribution in [0.1, 0.15) is 5.56 Å². The maximum absolute atomic E-state index is 11.6. The molecule has 3 rings (SSSR count). The Bertz CT molecular complexity index is 628. The second-order valence-electron chi connectivity index (χ2n) is 4.20. The topological polar surface area (TPSA) is 93.7 Å². The van der Waals surface area contributed by atoms with Crippen LogP contribution in [0, 0.1) is 0 Å². The molecule has 0 atom stereocenters. The van der Waals surface area contributed by atoms with Gasteiger partial charge in [0.2, 0.25) is 0 Å². The number of hydrogen-bond donors (Lipinski definition) is 2. The van der Waals surface area contributed by atoms with E-state index in [1.165, 1.54) is 6.08 Å². The van der Waals surface area contributed by atoms with Crippen LogP contribution in [0.15, 0.2) is 23.8 Å². The Morgan fingerprint density at radius 2 is 1.60 bits per heavy atom. The third-order valence-electron chi connectivity index (χ3n) is 2.82. The lowest BCUT2D eigenvalue weighted by molar-refractivity contribution is -0.123. The normalized spacial score (nSPS) is 17.4. The lowest BCUT2D eigenvalue weighted by Crippen LogP contribution is -2.51. The molecule has 2 heterocycles. The number of amides is 4. The highest BCUT2D eigenvalue weighted by atomic mass is 16.6. The fourth-order valence-corrected chi connectivity index (χ4v) is 1.92. The number of urea groups is 1. The Morgan fingerprint density at radius 3 is 2.30 bits per heavy atom. The van der Waals surface area contributed by atoms with E-state index >= 15 is 0 Å². The van der Waals surface area contributed by atoms with Gasteiger partial charge in [-0.2, -0.15) is 0 Å². The van der Waals surface area contributed by atoms with Crippen LogP contribution in [-0.2, 0) is 9.59 Å². The molecule has 20 heavy (non-hydrogen) atoms. The number of benzene rings is 1. The molecular formula is C13H10N2O5. The highest BCUT2D eigenvalue weighted by molar-refractivity contribution is 6.31. The third kappa shape index (κ3) is 2.20. The molecule has 0 spiro atoms. The molecule has 0 aliphatic carbocycles. The van der Waals surface area contributed by atoms with Crippen LogP contribution in [0.25, 0.3) is 6.08 Å². The summed E-state index contributed by atoms with van der Waals surface area (Å²) >= 11 is 0. The van der Waals surface area contributed by atoms with Gasteiger partial charge in [0.15, 0.2) is 11.5 Å². The molecule has 0 aromatic heterocycles. The zero-order valence-electron chi connectivity index (χ0n) is 10.3. The molecule has 4 amide bonds. The number of hydrogen-bond acceptors (Lipinski definition) is 5. The Labute approximate surface area is 113 Å². The zero-order valence-corrected chi connectivity index (χ0v) is 10.3. The minimum absolute atomic E-state index is 0.138. The molecule has 1 aromatic carbocycles. The highest BCUT2D eigenvalue weighted by Gasteiger charge is 2.27. The van der Waals surface area contributed by atoms with E-state index in [0.717, 1.165) is 0 Å². The van der Waals surface area contributed by atoms with E-state index in [-0.39, 0.29) is 5.57 Å². The fourth-order valence-electron chi connectivity index (χ4n) is 1.92. The third-order valence-corrected chi connectivity index (χ3v) is 2.82. The van der Waals surface area contributed by atoms with Crippen molar-refractivity contribution in [1.82, 2.24) is 10.6 Å². The van der Waals surface area contributed by atoms with Gasteiger partial charge in [0, 0.05) is 0 Å². The first-order chi connectivity index (χ1) is 9.63. The number of fused-ring (bicyclic) bond motifs is 1. The van der Waals surface area contributed by atoms with Gasteiger partial charge in [0.25, 0.3) is 11.8 Å². The molecule has 1 fully saturated rings. The summed E-state index contributed by atoms with van der Waals surface area (Å²) < 4.78 is 10.8. The lowest BCUT2D eigenvalue weighted by atomic mass is 10.1. The molecular weight excluding hydrogens is 264 g/mol. The number of ether oxygens (including phenoxy) is 2. The summed E-state index contributed by atoms with van der Waals surface area (Å²) in [6.07, 6.45) is 1.38. The van der Waals surface area contributed by atoms with E-state index in [1.54, 1.807) is 18.2 Å². The minimum Gasteiger partial charge on any atom is -0.486 e. The number of carbonyl (C=O) groups excluding carboxylic acids is 3. The summed E-state index contributed by atoms with van der Waals surface area (Å²) in [5.41, 5.74) is 0.463. The predicted molar refractivity (Wildman–Crippen MR) is 67.1 cm³/mol. The monoisotopic (exact) mass is 274 g/mol. The molecule has 2 N–H and O–H groups in total. The van der Waals surface area contributed by atoms with Crippen LogP contribution < -0.4 is 20.1 Å². The molecule has 7 nitrogen and oxygen atoms in total. The first-order valence-electron chi connectivity index (χ1n) is 5.91. The SMILES string of the molecule is O=C1NC(=O)C(=Cc2ccc3c(c2)OCCO3)C(=O)N1. The molecule has 1 aromatic rings. The minimum atomic E-state index is -0.820. The predicted octanol–water partition coefficient (Wildman–Crippen LogP) is 0.207. The summed E-state index contributed by atoms with van der Waals surface area (Å²) in [6, 6.07) is 4.24. The van der Waals surface area contributed by atoms with Crippen molar-refractivity contribution in [1.29, 1.82) is 0 Å². The maximum Gasteiger partial charge on any atom is 0.328 e. The first-order valence-corrected chi connectivity index (χ1v) is 5.91. The van der Waals surface area contributed by atoms with Crippen molar-refractivity contribution >= 4 is 23.9 Å². The van der Waals surface area contributed by atoms with Crippen molar-refractivity contribution in [2.24, 2.45) is 0 Å². The molecule has 2 aliphatic rings. The van der Waals surface area contributed by atoms with Crippen molar-refractivity contribution in [3.05, 3.63) is 29.3 Å². The van der Waals surface area contributed by atoms with Gasteiger partial charge in [-0.15, -0.1) is 0 Å². The van der Waals surface area contributed by atoms with Crippen LogP contribution >= 0.6 is 0 Å². The highest BCUT2D eigenvalue weighted by Crippen LogP contribution is 2.31.